The molecule has 0 spiro atoms. The van der Waals surface area contributed by atoms with Crippen molar-refractivity contribution in [3.05, 3.63) is 58.9 Å². The van der Waals surface area contributed by atoms with E-state index in [0.717, 1.165) is 28.1 Å². The molecule has 1 atom stereocenters. The second-order valence-electron chi connectivity index (χ2n) is 5.32. The van der Waals surface area contributed by atoms with Crippen molar-refractivity contribution in [2.75, 3.05) is 13.7 Å². The van der Waals surface area contributed by atoms with Crippen LogP contribution in [-0.4, -0.2) is 23.7 Å². The van der Waals surface area contributed by atoms with Crippen molar-refractivity contribution in [1.82, 2.24) is 4.98 Å². The molecule has 2 rings (SSSR count). The molecule has 0 aliphatic heterocycles. The van der Waals surface area contributed by atoms with E-state index in [2.05, 4.69) is 4.98 Å². The van der Waals surface area contributed by atoms with E-state index in [1.54, 1.807) is 13.3 Å². The zero-order valence-electron chi connectivity index (χ0n) is 12.8. The van der Waals surface area contributed by atoms with Crippen LogP contribution in [0.1, 0.15) is 22.4 Å². The maximum absolute atomic E-state index is 10.9. The Morgan fingerprint density at radius 1 is 1.24 bits per heavy atom. The van der Waals surface area contributed by atoms with Crippen LogP contribution in [0.15, 0.2) is 36.5 Å². The first kappa shape index (κ1) is 15.5. The fourth-order valence-corrected chi connectivity index (χ4v) is 2.57. The maximum atomic E-state index is 10.9. The summed E-state index contributed by atoms with van der Waals surface area (Å²) < 4.78 is 5.42. The van der Waals surface area contributed by atoms with Gasteiger partial charge in [0.1, 0.15) is 11.4 Å². The van der Waals surface area contributed by atoms with Crippen LogP contribution in [0.5, 0.6) is 5.75 Å². The average Bonchev–Trinajstić information content (AvgIpc) is 2.51. The number of rotatable bonds is 5. The quantitative estimate of drug-likeness (QED) is 0.883. The molecule has 4 nitrogen and oxygen atoms in total. The molecule has 0 bridgehead atoms. The molecule has 21 heavy (non-hydrogen) atoms. The van der Waals surface area contributed by atoms with Crippen LogP contribution in [0.3, 0.4) is 0 Å². The summed E-state index contributed by atoms with van der Waals surface area (Å²) in [6, 6.07) is 9.47. The molecular weight excluding hydrogens is 264 g/mol. The lowest BCUT2D eigenvalue weighted by Crippen LogP contribution is -2.37. The maximum Gasteiger partial charge on any atom is 0.128 e. The summed E-state index contributed by atoms with van der Waals surface area (Å²) >= 11 is 0. The minimum Gasteiger partial charge on any atom is -0.496 e. The van der Waals surface area contributed by atoms with Crippen molar-refractivity contribution in [3.8, 4) is 5.75 Å². The first-order valence-corrected chi connectivity index (χ1v) is 6.99. The predicted octanol–water partition coefficient (Wildman–Crippen LogP) is 2.10. The van der Waals surface area contributed by atoms with E-state index in [-0.39, 0.29) is 6.54 Å². The van der Waals surface area contributed by atoms with E-state index in [4.69, 9.17) is 10.5 Å². The average molecular weight is 286 g/mol. The second-order valence-corrected chi connectivity index (χ2v) is 5.32. The Hall–Kier alpha value is -1.91. The fraction of sp³-hybridized carbons (Fsp3) is 0.353. The van der Waals surface area contributed by atoms with Gasteiger partial charge in [-0.05, 0) is 19.4 Å². The smallest absolute Gasteiger partial charge is 0.128 e. The zero-order chi connectivity index (χ0) is 15.5. The number of ether oxygens (including phenoxy) is 1. The number of hydrogen-bond donors (Lipinski definition) is 2. The molecule has 2 aromatic rings. The van der Waals surface area contributed by atoms with Crippen LogP contribution in [0.4, 0.5) is 0 Å². The molecule has 0 saturated carbocycles. The van der Waals surface area contributed by atoms with E-state index >= 15 is 0 Å². The minimum absolute atomic E-state index is 0.133. The SMILES string of the molecule is COc1c(C)cnc(CC(O)(CN)c2ccccc2)c1C. The van der Waals surface area contributed by atoms with Gasteiger partial charge >= 0.3 is 0 Å². The van der Waals surface area contributed by atoms with Crippen molar-refractivity contribution in [1.29, 1.82) is 0 Å². The van der Waals surface area contributed by atoms with Crippen LogP contribution in [0, 0.1) is 13.8 Å². The number of methoxy groups -OCH3 is 1. The Kier molecular flexibility index (Phi) is 4.60. The third-order valence-corrected chi connectivity index (χ3v) is 3.86. The molecule has 0 radical (unpaired) electrons. The van der Waals surface area contributed by atoms with Gasteiger partial charge in [-0.25, -0.2) is 0 Å². The van der Waals surface area contributed by atoms with Gasteiger partial charge in [0.25, 0.3) is 0 Å². The summed E-state index contributed by atoms with van der Waals surface area (Å²) in [5.41, 5.74) is 8.23. The van der Waals surface area contributed by atoms with E-state index in [1.165, 1.54) is 0 Å². The van der Waals surface area contributed by atoms with Crippen LogP contribution in [0.2, 0.25) is 0 Å². The lowest BCUT2D eigenvalue weighted by Gasteiger charge is -2.28. The second kappa shape index (κ2) is 6.24. The summed E-state index contributed by atoms with van der Waals surface area (Å²) in [6.07, 6.45) is 2.12. The third kappa shape index (κ3) is 3.06. The highest BCUT2D eigenvalue weighted by molar-refractivity contribution is 5.42. The molecule has 112 valence electrons. The van der Waals surface area contributed by atoms with Gasteiger partial charge in [-0.3, -0.25) is 4.98 Å². The van der Waals surface area contributed by atoms with Crippen molar-refractivity contribution >= 4 is 0 Å². The monoisotopic (exact) mass is 286 g/mol. The lowest BCUT2D eigenvalue weighted by molar-refractivity contribution is 0.0450. The largest absolute Gasteiger partial charge is 0.496 e. The summed E-state index contributed by atoms with van der Waals surface area (Å²) in [6.45, 7) is 4.04. The third-order valence-electron chi connectivity index (χ3n) is 3.86. The molecule has 1 aromatic heterocycles. The molecular formula is C17H22N2O2. The molecule has 0 fully saturated rings. The van der Waals surface area contributed by atoms with Crippen LogP contribution >= 0.6 is 0 Å². The number of aliphatic hydroxyl groups is 1. The molecule has 0 amide bonds. The normalized spacial score (nSPS) is 13.8. The van der Waals surface area contributed by atoms with Crippen molar-refractivity contribution in [2.45, 2.75) is 25.9 Å². The van der Waals surface area contributed by atoms with Crippen LogP contribution in [0.25, 0.3) is 0 Å². The number of nitrogens with zero attached hydrogens (tertiary/aromatic N) is 1. The van der Waals surface area contributed by atoms with E-state index in [1.807, 2.05) is 44.2 Å². The molecule has 1 aromatic carbocycles. The number of hydrogen-bond acceptors (Lipinski definition) is 4. The van der Waals surface area contributed by atoms with Gasteiger partial charge in [0.05, 0.1) is 12.8 Å². The van der Waals surface area contributed by atoms with Crippen molar-refractivity contribution in [3.63, 3.8) is 0 Å². The molecule has 1 heterocycles. The zero-order valence-corrected chi connectivity index (χ0v) is 12.8. The number of benzene rings is 1. The van der Waals surface area contributed by atoms with E-state index in [0.29, 0.717) is 6.42 Å². The number of aryl methyl sites for hydroxylation is 1. The van der Waals surface area contributed by atoms with Gasteiger partial charge in [0, 0.05) is 30.3 Å². The van der Waals surface area contributed by atoms with Crippen LogP contribution in [-0.2, 0) is 12.0 Å². The minimum atomic E-state index is -1.13. The summed E-state index contributed by atoms with van der Waals surface area (Å²) in [4.78, 5) is 4.45. The van der Waals surface area contributed by atoms with Gasteiger partial charge in [-0.1, -0.05) is 30.3 Å². The highest BCUT2D eigenvalue weighted by Gasteiger charge is 2.29. The molecule has 3 N–H and O–H groups in total. The Labute approximate surface area is 125 Å². The highest BCUT2D eigenvalue weighted by Crippen LogP contribution is 2.30. The highest BCUT2D eigenvalue weighted by atomic mass is 16.5. The summed E-state index contributed by atoms with van der Waals surface area (Å²) in [5, 5.41) is 10.9. The molecule has 0 saturated heterocycles. The van der Waals surface area contributed by atoms with E-state index < -0.39 is 5.60 Å². The van der Waals surface area contributed by atoms with Crippen molar-refractivity contribution in [2.24, 2.45) is 5.73 Å². The summed E-state index contributed by atoms with van der Waals surface area (Å²) in [5.74, 6) is 0.812. The topological polar surface area (TPSA) is 68.4 Å². The fourth-order valence-electron chi connectivity index (χ4n) is 2.57. The van der Waals surface area contributed by atoms with Gasteiger partial charge in [-0.2, -0.15) is 0 Å². The Balaban J connectivity index is 2.40. The first-order valence-electron chi connectivity index (χ1n) is 6.99. The molecule has 1 unspecified atom stereocenters. The molecule has 0 aliphatic carbocycles. The van der Waals surface area contributed by atoms with Gasteiger partial charge < -0.3 is 15.6 Å². The molecule has 4 heteroatoms. The van der Waals surface area contributed by atoms with Gasteiger partial charge in [0.15, 0.2) is 0 Å². The Bertz CT molecular complexity index is 614. The molecule has 0 aliphatic rings. The Morgan fingerprint density at radius 2 is 1.90 bits per heavy atom. The standard InChI is InChI=1S/C17H22N2O2/c1-12-10-19-15(13(2)16(12)21-3)9-17(20,11-18)14-7-5-4-6-8-14/h4-8,10,20H,9,11,18H2,1-3H3. The number of nitrogens with two attached hydrogens (primary N) is 1. The first-order chi connectivity index (χ1) is 10.0. The van der Waals surface area contributed by atoms with Gasteiger partial charge in [-0.15, -0.1) is 0 Å². The number of pyridine rings is 1. The predicted molar refractivity (Wildman–Crippen MR) is 83.4 cm³/mol. The Morgan fingerprint density at radius 3 is 2.48 bits per heavy atom. The summed E-state index contributed by atoms with van der Waals surface area (Å²) in [7, 11) is 1.64. The number of aromatic nitrogens is 1. The van der Waals surface area contributed by atoms with E-state index in [9.17, 15) is 5.11 Å². The van der Waals surface area contributed by atoms with Crippen molar-refractivity contribution < 1.29 is 9.84 Å². The van der Waals surface area contributed by atoms with Gasteiger partial charge in [0.2, 0.25) is 0 Å². The lowest BCUT2D eigenvalue weighted by atomic mass is 9.87. The van der Waals surface area contributed by atoms with Crippen LogP contribution < -0.4 is 10.5 Å².